The Kier molecular flexibility index (Phi) is 15.9. The number of benzene rings is 1. The van der Waals surface area contributed by atoms with Crippen molar-refractivity contribution in [3.8, 4) is 0 Å². The number of carbonyl (C=O) groups excluding carboxylic acids is 8. The molecule has 0 spiro atoms. The third kappa shape index (κ3) is 14.0. The molecule has 54 heavy (non-hydrogen) atoms. The quantitative estimate of drug-likeness (QED) is 0.0700. The zero-order valence-corrected chi connectivity index (χ0v) is 32.6. The van der Waals surface area contributed by atoms with Gasteiger partial charge in [-0.25, -0.2) is 0 Å². The van der Waals surface area contributed by atoms with Gasteiger partial charge in [0.2, 0.25) is 41.4 Å². The molecule has 2 aliphatic rings. The van der Waals surface area contributed by atoms with Gasteiger partial charge in [0.1, 0.15) is 18.6 Å². The lowest BCUT2D eigenvalue weighted by molar-refractivity contribution is -0.140. The number of nitrogens with zero attached hydrogens (tertiary/aromatic N) is 1. The van der Waals surface area contributed by atoms with E-state index < -0.39 is 47.0 Å². The maximum absolute atomic E-state index is 13.1. The Bertz CT molecular complexity index is 1530. The number of hydrogen-bond donors (Lipinski definition) is 5. The third-order valence-corrected chi connectivity index (χ3v) is 9.59. The average Bonchev–Trinajstić information content (AvgIpc) is 3.84. The average molecular weight is 755 g/mol. The van der Waals surface area contributed by atoms with Gasteiger partial charge in [0.05, 0.1) is 37.6 Å². The number of hydrogen-bond acceptors (Lipinski definition) is 9. The van der Waals surface area contributed by atoms with E-state index in [9.17, 15) is 38.4 Å². The van der Waals surface area contributed by atoms with Gasteiger partial charge in [-0.15, -0.1) is 0 Å². The number of nitrogens with one attached hydrogen (secondary N) is 5. The summed E-state index contributed by atoms with van der Waals surface area (Å²) in [4.78, 5) is 102. The van der Waals surface area contributed by atoms with Gasteiger partial charge in [-0.05, 0) is 36.7 Å². The lowest BCUT2D eigenvalue weighted by Gasteiger charge is -2.24. The topological polar surface area (TPSA) is 209 Å². The van der Waals surface area contributed by atoms with Crippen LogP contribution in [0, 0.1) is 22.2 Å². The van der Waals surface area contributed by atoms with Crippen molar-refractivity contribution in [2.45, 2.75) is 99.0 Å². The highest BCUT2D eigenvalue weighted by Gasteiger charge is 2.53. The number of Topliss-reactive ketones (excluding diaryl/α,β-unsaturated/α-hetero) is 1. The van der Waals surface area contributed by atoms with Crippen molar-refractivity contribution < 1.29 is 43.1 Å². The summed E-state index contributed by atoms with van der Waals surface area (Å²) in [5, 5.41) is 12.6. The minimum atomic E-state index is -1.06. The molecule has 0 aromatic heterocycles. The monoisotopic (exact) mass is 754 g/mol. The fraction of sp³-hybridized carbons (Fsp3) is 0.641. The van der Waals surface area contributed by atoms with Crippen LogP contribution in [0.15, 0.2) is 30.3 Å². The molecule has 1 saturated carbocycles. The van der Waals surface area contributed by atoms with Crippen LogP contribution >= 0.6 is 0 Å². The van der Waals surface area contributed by atoms with Crippen LogP contribution in [-0.4, -0.2) is 97.6 Å². The number of likely N-dealkylation sites (tertiary alicyclic amines) is 1. The van der Waals surface area contributed by atoms with Gasteiger partial charge >= 0.3 is 0 Å². The van der Waals surface area contributed by atoms with Crippen LogP contribution in [0.2, 0.25) is 0 Å². The van der Waals surface area contributed by atoms with E-state index in [-0.39, 0.29) is 80.5 Å². The highest BCUT2D eigenvalue weighted by atomic mass is 16.5. The van der Waals surface area contributed by atoms with E-state index >= 15 is 0 Å². The number of ether oxygens (including phenoxy) is 1. The smallest absolute Gasteiger partial charge is 0.243 e. The van der Waals surface area contributed by atoms with E-state index in [1.165, 1.54) is 4.90 Å². The molecule has 1 aromatic rings. The summed E-state index contributed by atoms with van der Waals surface area (Å²) >= 11 is 0. The zero-order chi connectivity index (χ0) is 40.1. The van der Waals surface area contributed by atoms with Crippen molar-refractivity contribution in [2.24, 2.45) is 22.2 Å². The predicted octanol–water partition coefficient (Wildman–Crippen LogP) is 1.53. The summed E-state index contributed by atoms with van der Waals surface area (Å²) in [7, 11) is 0. The second kappa shape index (κ2) is 19.6. The Labute approximate surface area is 317 Å². The first-order chi connectivity index (χ1) is 25.3. The van der Waals surface area contributed by atoms with Crippen LogP contribution in [0.1, 0.15) is 92.1 Å². The zero-order valence-electron chi connectivity index (χ0n) is 32.6. The Morgan fingerprint density at radius 3 is 2.02 bits per heavy atom. The van der Waals surface area contributed by atoms with Crippen LogP contribution in [0.3, 0.4) is 0 Å². The van der Waals surface area contributed by atoms with Gasteiger partial charge in [0, 0.05) is 31.2 Å². The third-order valence-electron chi connectivity index (χ3n) is 9.59. The molecule has 5 N–H and O–H groups in total. The second-order valence-corrected chi connectivity index (χ2v) is 16.4. The molecule has 0 radical (unpaired) electrons. The lowest BCUT2D eigenvalue weighted by atomic mass is 9.80. The highest BCUT2D eigenvalue weighted by molar-refractivity contribution is 6.04. The van der Waals surface area contributed by atoms with Crippen molar-refractivity contribution >= 4 is 47.1 Å². The number of rotatable bonds is 21. The highest BCUT2D eigenvalue weighted by Crippen LogP contribution is 2.50. The van der Waals surface area contributed by atoms with Crippen molar-refractivity contribution in [3.05, 3.63) is 35.9 Å². The predicted molar refractivity (Wildman–Crippen MR) is 199 cm³/mol. The van der Waals surface area contributed by atoms with Crippen LogP contribution in [-0.2, 0) is 49.5 Å². The molecule has 15 nitrogen and oxygen atoms in total. The molecule has 2 fully saturated rings. The SMILES string of the molecule is CC(C)(C)C(=O)C1(COCNC(=O)CNC(=O)[C@H](Cc2ccccc2)NC(=O)CNC(=O)CNC(=O)CCCCCN2C(=O)CC(C(C)(C)C)C2=O)CC1. The fourth-order valence-electron chi connectivity index (χ4n) is 6.25. The van der Waals surface area contributed by atoms with E-state index in [4.69, 9.17) is 4.74 Å². The minimum Gasteiger partial charge on any atom is -0.360 e. The number of ketones is 1. The van der Waals surface area contributed by atoms with Crippen molar-refractivity contribution in [1.29, 1.82) is 0 Å². The van der Waals surface area contributed by atoms with Gasteiger partial charge in [-0.1, -0.05) is 78.3 Å². The maximum atomic E-state index is 13.1. The molecular weight excluding hydrogens is 696 g/mol. The molecule has 298 valence electrons. The molecule has 1 aliphatic heterocycles. The van der Waals surface area contributed by atoms with Crippen LogP contribution in [0.5, 0.6) is 0 Å². The lowest BCUT2D eigenvalue weighted by Crippen LogP contribution is -2.52. The van der Waals surface area contributed by atoms with E-state index in [0.717, 1.165) is 18.4 Å². The van der Waals surface area contributed by atoms with E-state index in [0.29, 0.717) is 25.8 Å². The molecule has 1 aliphatic carbocycles. The molecule has 2 atom stereocenters. The van der Waals surface area contributed by atoms with Gasteiger partial charge < -0.3 is 31.3 Å². The first-order valence-corrected chi connectivity index (χ1v) is 18.7. The molecule has 1 unspecified atom stereocenters. The van der Waals surface area contributed by atoms with Crippen molar-refractivity contribution in [3.63, 3.8) is 0 Å². The van der Waals surface area contributed by atoms with Crippen LogP contribution in [0.25, 0.3) is 0 Å². The largest absolute Gasteiger partial charge is 0.360 e. The van der Waals surface area contributed by atoms with Gasteiger partial charge in [0.25, 0.3) is 0 Å². The van der Waals surface area contributed by atoms with Crippen LogP contribution in [0.4, 0.5) is 0 Å². The molecule has 1 saturated heterocycles. The minimum absolute atomic E-state index is 0.123. The molecule has 7 amide bonds. The van der Waals surface area contributed by atoms with Gasteiger partial charge in [-0.3, -0.25) is 43.3 Å². The summed E-state index contributed by atoms with van der Waals surface area (Å²) < 4.78 is 5.57. The molecular formula is C39H58N6O9. The Morgan fingerprint density at radius 2 is 1.41 bits per heavy atom. The summed E-state index contributed by atoms with van der Waals surface area (Å²) in [6.45, 7) is 10.7. The molecule has 0 bridgehead atoms. The molecule has 3 rings (SSSR count). The van der Waals surface area contributed by atoms with E-state index in [1.54, 1.807) is 24.3 Å². The van der Waals surface area contributed by atoms with Crippen LogP contribution < -0.4 is 26.6 Å². The molecule has 1 aromatic carbocycles. The summed E-state index contributed by atoms with van der Waals surface area (Å²) in [6.07, 6.45) is 3.70. The standard InChI is InChI=1S/C39H58N6O9/c1-37(2,3)27-20-33(50)45(35(27)52)18-12-8-11-15-29(46)40-21-30(47)41-23-32(49)44-28(19-26-13-9-7-10-14-26)34(51)42-22-31(48)43-25-54-24-39(16-17-39)36(53)38(4,5)6/h7,9-10,13-14,27-28H,8,11-12,15-25H2,1-6H3,(H,40,46)(H,41,47)(H,42,51)(H,43,48)(H,44,49)/t27?,28-/m0/s1. The molecule has 15 heteroatoms. The van der Waals surface area contributed by atoms with Gasteiger partial charge in [0.15, 0.2) is 0 Å². The maximum Gasteiger partial charge on any atom is 0.243 e. The Morgan fingerprint density at radius 1 is 0.796 bits per heavy atom. The first-order valence-electron chi connectivity index (χ1n) is 18.7. The number of carbonyl (C=O) groups is 8. The normalized spacial score (nSPS) is 17.0. The number of imide groups is 1. The second-order valence-electron chi connectivity index (χ2n) is 16.4. The molecule has 1 heterocycles. The fourth-order valence-corrected chi connectivity index (χ4v) is 6.25. The first kappa shape index (κ1) is 43.7. The Hall–Kier alpha value is -4.66. The number of amides is 7. The van der Waals surface area contributed by atoms with Crippen molar-refractivity contribution in [2.75, 3.05) is 39.5 Å². The number of unbranched alkanes of at least 4 members (excludes halogenated alkanes) is 2. The van der Waals surface area contributed by atoms with Gasteiger partial charge in [-0.2, -0.15) is 0 Å². The van der Waals surface area contributed by atoms with E-state index in [2.05, 4.69) is 26.6 Å². The van der Waals surface area contributed by atoms with Crippen molar-refractivity contribution in [1.82, 2.24) is 31.5 Å². The van der Waals surface area contributed by atoms with E-state index in [1.807, 2.05) is 47.6 Å². The summed E-state index contributed by atoms with van der Waals surface area (Å²) in [6, 6.07) is 7.91. The summed E-state index contributed by atoms with van der Waals surface area (Å²) in [5.41, 5.74) is -0.516. The summed E-state index contributed by atoms with van der Waals surface area (Å²) in [5.74, 6) is -3.22. The Balaban J connectivity index is 1.34.